The van der Waals surface area contributed by atoms with Gasteiger partial charge in [-0.15, -0.1) is 0 Å². The summed E-state index contributed by atoms with van der Waals surface area (Å²) in [5.74, 6) is 0. The Hall–Kier alpha value is -1.23. The molecule has 0 radical (unpaired) electrons. The van der Waals surface area contributed by atoms with E-state index in [0.717, 1.165) is 0 Å². The Labute approximate surface area is 133 Å². The molecule has 0 aromatic carbocycles. The number of rotatable bonds is 4. The highest BCUT2D eigenvalue weighted by Crippen LogP contribution is 2.35. The molecule has 1 fully saturated rings. The lowest BCUT2D eigenvalue weighted by atomic mass is 10.1. The summed E-state index contributed by atoms with van der Waals surface area (Å²) in [5.41, 5.74) is -0.238. The summed E-state index contributed by atoms with van der Waals surface area (Å²) >= 11 is 1.97. The Morgan fingerprint density at radius 3 is 2.90 bits per heavy atom. The predicted octanol–water partition coefficient (Wildman–Crippen LogP) is 0.139. The molecule has 0 bridgehead atoms. The third-order valence-electron chi connectivity index (χ3n) is 3.44. The van der Waals surface area contributed by atoms with Crippen molar-refractivity contribution in [3.63, 3.8) is 0 Å². The Kier molecular flexibility index (Phi) is 5.14. The smallest absolute Gasteiger partial charge is 0.328 e. The van der Waals surface area contributed by atoms with Gasteiger partial charge in [-0.1, -0.05) is 29.2 Å². The average Bonchev–Trinajstić information content (AvgIpc) is 2.70. The molecular weight excluding hydrogens is 391 g/mol. The maximum absolute atomic E-state index is 12.0. The van der Waals surface area contributed by atoms with E-state index in [1.165, 1.54) is 10.8 Å². The van der Waals surface area contributed by atoms with Gasteiger partial charge in [0.05, 0.1) is 17.7 Å². The van der Waals surface area contributed by atoms with Crippen LogP contribution >= 0.6 is 22.6 Å². The molecule has 8 heteroatoms. The lowest BCUT2D eigenvalue weighted by Gasteiger charge is -2.17. The number of ether oxygens (including phenoxy) is 1. The van der Waals surface area contributed by atoms with Crippen LogP contribution in [-0.4, -0.2) is 38.8 Å². The first kappa shape index (κ1) is 16.1. The van der Waals surface area contributed by atoms with Crippen LogP contribution < -0.4 is 11.2 Å². The number of nitrogens with one attached hydrogen (secondary N) is 1. The summed E-state index contributed by atoms with van der Waals surface area (Å²) in [6.07, 6.45) is 1.63. The van der Waals surface area contributed by atoms with Crippen molar-refractivity contribution in [2.45, 2.75) is 24.7 Å². The second-order valence-corrected chi connectivity index (χ2v) is 5.37. The SMILES string of the molecule is C=C1[C@@H](OCO)[C@H](O)C[C@H]1n1cc(/C=C/I)c(=O)[nH]c1=O. The topological polar surface area (TPSA) is 105 Å². The van der Waals surface area contributed by atoms with Crippen LogP contribution in [0.5, 0.6) is 0 Å². The van der Waals surface area contributed by atoms with Gasteiger partial charge in [0.15, 0.2) is 0 Å². The molecule has 3 N–H and O–H groups in total. The van der Waals surface area contributed by atoms with Gasteiger partial charge in [0.1, 0.15) is 12.9 Å². The van der Waals surface area contributed by atoms with Crippen LogP contribution in [0.25, 0.3) is 6.08 Å². The molecule has 0 amide bonds. The fourth-order valence-electron chi connectivity index (χ4n) is 2.45. The van der Waals surface area contributed by atoms with Gasteiger partial charge in [0.25, 0.3) is 5.56 Å². The highest BCUT2D eigenvalue weighted by Gasteiger charge is 2.38. The maximum atomic E-state index is 12.0. The van der Waals surface area contributed by atoms with E-state index < -0.39 is 36.3 Å². The first-order valence-electron chi connectivity index (χ1n) is 6.21. The largest absolute Gasteiger partial charge is 0.390 e. The molecule has 1 saturated carbocycles. The molecule has 0 aliphatic heterocycles. The van der Waals surface area contributed by atoms with Crippen molar-refractivity contribution < 1.29 is 14.9 Å². The Bertz CT molecular complexity index is 678. The highest BCUT2D eigenvalue weighted by atomic mass is 127. The summed E-state index contributed by atoms with van der Waals surface area (Å²) in [7, 11) is 0. The Balaban J connectivity index is 2.43. The number of hydrogen-bond donors (Lipinski definition) is 3. The lowest BCUT2D eigenvalue weighted by Crippen LogP contribution is -2.33. The quantitative estimate of drug-likeness (QED) is 0.375. The number of hydrogen-bond acceptors (Lipinski definition) is 5. The predicted molar refractivity (Wildman–Crippen MR) is 85.1 cm³/mol. The molecule has 114 valence electrons. The zero-order valence-electron chi connectivity index (χ0n) is 11.0. The summed E-state index contributed by atoms with van der Waals surface area (Å²) in [5, 5.41) is 18.8. The molecule has 1 aromatic rings. The second-order valence-electron chi connectivity index (χ2n) is 4.65. The molecule has 2 rings (SSSR count). The minimum absolute atomic E-state index is 0.225. The fourth-order valence-corrected chi connectivity index (χ4v) is 2.84. The number of aliphatic hydroxyl groups is 2. The van der Waals surface area contributed by atoms with Crippen LogP contribution in [-0.2, 0) is 4.74 Å². The van der Waals surface area contributed by atoms with Gasteiger partial charge >= 0.3 is 5.69 Å². The molecule has 1 aliphatic rings. The van der Waals surface area contributed by atoms with Crippen LogP contribution in [0.4, 0.5) is 0 Å². The molecule has 1 aromatic heterocycles. The van der Waals surface area contributed by atoms with Gasteiger partial charge in [0.2, 0.25) is 0 Å². The average molecular weight is 406 g/mol. The summed E-state index contributed by atoms with van der Waals surface area (Å²) in [6.45, 7) is 3.29. The molecule has 0 spiro atoms. The number of halogens is 1. The number of aromatic nitrogens is 2. The van der Waals surface area contributed by atoms with E-state index >= 15 is 0 Å². The monoisotopic (exact) mass is 406 g/mol. The van der Waals surface area contributed by atoms with E-state index in [1.807, 2.05) is 22.6 Å². The third-order valence-corrected chi connectivity index (χ3v) is 3.80. The van der Waals surface area contributed by atoms with Crippen molar-refractivity contribution in [3.8, 4) is 0 Å². The summed E-state index contributed by atoms with van der Waals surface area (Å²) in [6, 6.07) is -0.498. The van der Waals surface area contributed by atoms with Crippen LogP contribution in [0.2, 0.25) is 0 Å². The molecular formula is C13H15IN2O5. The zero-order chi connectivity index (χ0) is 15.6. The van der Waals surface area contributed by atoms with E-state index in [1.54, 1.807) is 10.2 Å². The molecule has 1 heterocycles. The number of aromatic amines is 1. The van der Waals surface area contributed by atoms with Crippen molar-refractivity contribution in [2.24, 2.45) is 0 Å². The van der Waals surface area contributed by atoms with Gasteiger partial charge in [0, 0.05) is 12.6 Å². The summed E-state index contributed by atoms with van der Waals surface area (Å²) in [4.78, 5) is 25.9. The minimum Gasteiger partial charge on any atom is -0.390 e. The van der Waals surface area contributed by atoms with Crippen LogP contribution in [0, 0.1) is 0 Å². The minimum atomic E-state index is -0.864. The van der Waals surface area contributed by atoms with Crippen molar-refractivity contribution in [2.75, 3.05) is 6.79 Å². The first-order chi connectivity index (χ1) is 9.99. The van der Waals surface area contributed by atoms with Gasteiger partial charge in [-0.3, -0.25) is 14.3 Å². The molecule has 0 saturated heterocycles. The van der Waals surface area contributed by atoms with Crippen molar-refractivity contribution in [1.82, 2.24) is 9.55 Å². The first-order valence-corrected chi connectivity index (χ1v) is 7.45. The lowest BCUT2D eigenvalue weighted by molar-refractivity contribution is -0.0721. The zero-order valence-corrected chi connectivity index (χ0v) is 13.2. The normalized spacial score (nSPS) is 25.9. The third kappa shape index (κ3) is 3.18. The van der Waals surface area contributed by atoms with E-state index in [-0.39, 0.29) is 6.42 Å². The second kappa shape index (κ2) is 6.69. The number of aliphatic hydroxyl groups excluding tert-OH is 2. The Morgan fingerprint density at radius 2 is 2.29 bits per heavy atom. The van der Waals surface area contributed by atoms with Gasteiger partial charge < -0.3 is 14.9 Å². The molecule has 21 heavy (non-hydrogen) atoms. The van der Waals surface area contributed by atoms with Gasteiger partial charge in [-0.05, 0) is 15.7 Å². The van der Waals surface area contributed by atoms with Crippen LogP contribution in [0.1, 0.15) is 18.0 Å². The molecule has 7 nitrogen and oxygen atoms in total. The number of nitrogens with zero attached hydrogens (tertiary/aromatic N) is 1. The van der Waals surface area contributed by atoms with E-state index in [0.29, 0.717) is 11.1 Å². The number of H-pyrrole nitrogens is 1. The fraction of sp³-hybridized carbons (Fsp3) is 0.385. The summed E-state index contributed by atoms with van der Waals surface area (Å²) < 4.78 is 8.00. The maximum Gasteiger partial charge on any atom is 0.328 e. The van der Waals surface area contributed by atoms with Crippen molar-refractivity contribution in [3.05, 3.63) is 48.8 Å². The highest BCUT2D eigenvalue weighted by molar-refractivity contribution is 14.1. The van der Waals surface area contributed by atoms with Gasteiger partial charge in [-0.25, -0.2) is 4.79 Å². The molecule has 3 atom stereocenters. The van der Waals surface area contributed by atoms with Crippen LogP contribution in [0.15, 0.2) is 32.0 Å². The standard InChI is InChI=1S/C13H15IN2O5/c1-7-9(4-10(18)11(7)21-6-17)16-5-8(2-3-14)12(19)15-13(16)20/h2-3,5,9-11,17-18H,1,4,6H2,(H,15,19,20)/b3-2+/t9-,10-,11-/m1/s1. The van der Waals surface area contributed by atoms with Crippen LogP contribution in [0.3, 0.4) is 0 Å². The van der Waals surface area contributed by atoms with Gasteiger partial charge in [-0.2, -0.15) is 0 Å². The molecule has 0 unspecified atom stereocenters. The molecule has 1 aliphatic carbocycles. The van der Waals surface area contributed by atoms with Crippen molar-refractivity contribution in [1.29, 1.82) is 0 Å². The van der Waals surface area contributed by atoms with E-state index in [4.69, 9.17) is 9.84 Å². The van der Waals surface area contributed by atoms with E-state index in [9.17, 15) is 14.7 Å². The van der Waals surface area contributed by atoms with Crippen molar-refractivity contribution >= 4 is 28.7 Å². The van der Waals surface area contributed by atoms with E-state index in [2.05, 4.69) is 11.6 Å². The Morgan fingerprint density at radius 1 is 1.57 bits per heavy atom.